The smallest absolute Gasteiger partial charge is 0.332 e. The Bertz CT molecular complexity index is 2260. The Balaban J connectivity index is 1.46. The normalized spacial score (nSPS) is 14.3. The van der Waals surface area contributed by atoms with Crippen LogP contribution in [0.25, 0.3) is 10.9 Å². The van der Waals surface area contributed by atoms with E-state index in [1.54, 1.807) is 24.3 Å². The predicted molar refractivity (Wildman–Crippen MR) is 212 cm³/mol. The van der Waals surface area contributed by atoms with E-state index in [-0.39, 0.29) is 59.4 Å². The van der Waals surface area contributed by atoms with Crippen LogP contribution in [0.1, 0.15) is 51.4 Å². The fraction of sp³-hybridized carbons (Fsp3) is 0.359. The van der Waals surface area contributed by atoms with Gasteiger partial charge in [0.25, 0.3) is 0 Å². The van der Waals surface area contributed by atoms with Gasteiger partial charge in [-0.15, -0.1) is 0 Å². The number of rotatable bonds is 16. The molecule has 0 aliphatic heterocycles. The molecule has 5 aromatic rings. The number of halogens is 1. The summed E-state index contributed by atoms with van der Waals surface area (Å²) in [5.74, 6) is -1.42. The number of aromatic nitrogens is 3. The van der Waals surface area contributed by atoms with E-state index in [0.717, 1.165) is 15.5 Å². The first-order valence-corrected chi connectivity index (χ1v) is 19.6. The molecule has 0 saturated carbocycles. The fourth-order valence-corrected chi connectivity index (χ4v) is 8.19. The van der Waals surface area contributed by atoms with Crippen LogP contribution in [0, 0.1) is 11.8 Å². The van der Waals surface area contributed by atoms with Crippen LogP contribution in [0.5, 0.6) is 5.88 Å². The first-order valence-electron chi connectivity index (χ1n) is 17.8. The van der Waals surface area contributed by atoms with Crippen molar-refractivity contribution >= 4 is 49.8 Å². The van der Waals surface area contributed by atoms with Crippen LogP contribution >= 0.6 is 11.6 Å². The minimum atomic E-state index is -4.15. The second-order valence-corrected chi connectivity index (χ2v) is 16.5. The minimum Gasteiger partial charge on any atom is -0.493 e. The Kier molecular flexibility index (Phi) is 12.7. The molecular formula is C39H48ClN7O6S. The number of hydrogen-bond donors (Lipinski definition) is 5. The Hall–Kier alpha value is -4.89. The zero-order chi connectivity index (χ0) is 39.3. The van der Waals surface area contributed by atoms with Gasteiger partial charge >= 0.3 is 5.69 Å². The molecule has 0 saturated heterocycles. The van der Waals surface area contributed by atoms with E-state index in [4.69, 9.17) is 23.1 Å². The van der Waals surface area contributed by atoms with Gasteiger partial charge in [0, 0.05) is 24.2 Å². The molecule has 2 heterocycles. The maximum Gasteiger partial charge on any atom is 0.332 e. The van der Waals surface area contributed by atoms with Crippen LogP contribution in [0.4, 0.5) is 11.4 Å². The highest BCUT2D eigenvalue weighted by Crippen LogP contribution is 2.27. The SMILES string of the molecule is CC[C@H](C)[C@@H](C(=O)N[C@@H](Cc1ccccc1)[C@H](O)CN(CC(C)C)S(=O)(=O)c1ccc(Cl)c(N)c1)n1cc(O)n(Cc2ccc3cc(N)ccc3n2)c1=O. The third-order valence-electron chi connectivity index (χ3n) is 9.48. The van der Waals surface area contributed by atoms with Gasteiger partial charge in [0.1, 0.15) is 6.04 Å². The number of pyridine rings is 1. The van der Waals surface area contributed by atoms with Gasteiger partial charge in [-0.05, 0) is 66.3 Å². The van der Waals surface area contributed by atoms with Gasteiger partial charge in [-0.1, -0.05) is 82.1 Å². The van der Waals surface area contributed by atoms with Crippen LogP contribution in [0.2, 0.25) is 5.02 Å². The number of aliphatic hydroxyl groups is 1. The van der Waals surface area contributed by atoms with Gasteiger partial charge in [0.05, 0.1) is 51.7 Å². The second-order valence-electron chi connectivity index (χ2n) is 14.1. The molecule has 15 heteroatoms. The highest BCUT2D eigenvalue weighted by molar-refractivity contribution is 7.89. The van der Waals surface area contributed by atoms with Crippen molar-refractivity contribution in [2.24, 2.45) is 11.8 Å². The van der Waals surface area contributed by atoms with Crippen LogP contribution in [-0.2, 0) is 27.8 Å². The van der Waals surface area contributed by atoms with Crippen molar-refractivity contribution in [3.8, 4) is 5.88 Å². The Morgan fingerprint density at radius 2 is 1.72 bits per heavy atom. The predicted octanol–water partition coefficient (Wildman–Crippen LogP) is 4.79. The number of anilines is 2. The summed E-state index contributed by atoms with van der Waals surface area (Å²) < 4.78 is 31.4. The number of fused-ring (bicyclic) bond motifs is 1. The van der Waals surface area contributed by atoms with Crippen molar-refractivity contribution in [3.63, 3.8) is 0 Å². The Labute approximate surface area is 320 Å². The molecule has 4 atom stereocenters. The number of aromatic hydroxyl groups is 1. The maximum atomic E-state index is 14.4. The number of nitrogens with zero attached hydrogens (tertiary/aromatic N) is 4. The number of aliphatic hydroxyl groups excluding tert-OH is 1. The van der Waals surface area contributed by atoms with Gasteiger partial charge in [-0.25, -0.2) is 13.2 Å². The molecule has 13 nitrogen and oxygen atoms in total. The number of nitrogens with two attached hydrogens (primary N) is 2. The van der Waals surface area contributed by atoms with Crippen LogP contribution in [0.15, 0.2) is 94.7 Å². The third kappa shape index (κ3) is 9.24. The monoisotopic (exact) mass is 777 g/mol. The number of benzene rings is 3. The lowest BCUT2D eigenvalue weighted by Crippen LogP contribution is -2.53. The fourth-order valence-electron chi connectivity index (χ4n) is 6.42. The Morgan fingerprint density at radius 1 is 1.00 bits per heavy atom. The second kappa shape index (κ2) is 17.1. The summed E-state index contributed by atoms with van der Waals surface area (Å²) in [6, 6.07) is 20.0. The van der Waals surface area contributed by atoms with E-state index in [9.17, 15) is 28.2 Å². The average molecular weight is 778 g/mol. The molecule has 0 aliphatic rings. The van der Waals surface area contributed by atoms with E-state index >= 15 is 0 Å². The van der Waals surface area contributed by atoms with Crippen molar-refractivity contribution in [3.05, 3.63) is 112 Å². The quantitative estimate of drug-likeness (QED) is 0.0875. The molecule has 0 unspecified atom stereocenters. The third-order valence-corrected chi connectivity index (χ3v) is 11.7. The van der Waals surface area contributed by atoms with Crippen LogP contribution in [-0.4, -0.2) is 68.2 Å². The number of nitrogens with one attached hydrogen (secondary N) is 1. The standard InChI is InChI=1S/C39H48ClN7O6S/c1-5-25(4)37(47-23-36(49)46(39(47)51)21-29-13-11-27-18-28(41)12-16-33(27)43-29)38(50)44-34(17-26-9-7-6-8-10-26)35(48)22-45(20-24(2)3)54(52,53)30-14-15-31(40)32(42)19-30/h6-16,18-19,23-25,34-35,37,48-49H,5,17,20-22,41-42H2,1-4H3,(H,44,50)/t25-,34-,35+,37-/m0/s1. The number of carbonyl (C=O) groups excluding carboxylic acids is 1. The zero-order valence-corrected chi connectivity index (χ0v) is 32.3. The summed E-state index contributed by atoms with van der Waals surface area (Å²) in [4.78, 5) is 32.8. The largest absolute Gasteiger partial charge is 0.493 e. The molecule has 7 N–H and O–H groups in total. The van der Waals surface area contributed by atoms with E-state index in [2.05, 4.69) is 10.3 Å². The summed E-state index contributed by atoms with van der Waals surface area (Å²) in [7, 11) is -4.15. The summed E-state index contributed by atoms with van der Waals surface area (Å²) in [5.41, 5.74) is 13.9. The van der Waals surface area contributed by atoms with Gasteiger partial charge in [0.15, 0.2) is 0 Å². The highest BCUT2D eigenvalue weighted by Gasteiger charge is 2.35. The molecule has 54 heavy (non-hydrogen) atoms. The van der Waals surface area contributed by atoms with E-state index < -0.39 is 39.8 Å². The van der Waals surface area contributed by atoms with Crippen molar-refractivity contribution < 1.29 is 23.4 Å². The maximum absolute atomic E-state index is 14.4. The molecule has 2 aromatic heterocycles. The summed E-state index contributed by atoms with van der Waals surface area (Å²) >= 11 is 6.07. The number of imidazole rings is 1. The molecule has 288 valence electrons. The topological polar surface area (TPSA) is 199 Å². The van der Waals surface area contributed by atoms with Gasteiger partial charge < -0.3 is 27.0 Å². The summed E-state index contributed by atoms with van der Waals surface area (Å²) in [6.07, 6.45) is 0.513. The average Bonchev–Trinajstić information content (AvgIpc) is 3.40. The molecule has 1 amide bonds. The molecule has 0 aliphatic carbocycles. The zero-order valence-electron chi connectivity index (χ0n) is 30.8. The number of sulfonamides is 1. The summed E-state index contributed by atoms with van der Waals surface area (Å²) in [5, 5.41) is 26.8. The van der Waals surface area contributed by atoms with Crippen molar-refractivity contribution in [2.45, 2.75) is 70.2 Å². The van der Waals surface area contributed by atoms with Crippen molar-refractivity contribution in [1.82, 2.24) is 23.7 Å². The van der Waals surface area contributed by atoms with E-state index in [1.165, 1.54) is 33.3 Å². The van der Waals surface area contributed by atoms with Crippen molar-refractivity contribution in [2.75, 3.05) is 24.6 Å². The number of amides is 1. The molecule has 0 radical (unpaired) electrons. The number of carbonyl (C=O) groups is 1. The summed E-state index contributed by atoms with van der Waals surface area (Å²) in [6.45, 7) is 7.09. The lowest BCUT2D eigenvalue weighted by molar-refractivity contribution is -0.127. The lowest BCUT2D eigenvalue weighted by Gasteiger charge is -2.32. The van der Waals surface area contributed by atoms with Crippen LogP contribution < -0.4 is 22.5 Å². The van der Waals surface area contributed by atoms with Gasteiger partial charge in [-0.2, -0.15) is 4.31 Å². The van der Waals surface area contributed by atoms with Crippen LogP contribution in [0.3, 0.4) is 0 Å². The lowest BCUT2D eigenvalue weighted by atomic mass is 9.96. The molecular weight excluding hydrogens is 730 g/mol. The van der Waals surface area contributed by atoms with Gasteiger partial charge in [0.2, 0.25) is 21.8 Å². The molecule has 5 rings (SSSR count). The molecule has 0 spiro atoms. The minimum absolute atomic E-state index is 0.0540. The van der Waals surface area contributed by atoms with E-state index in [0.29, 0.717) is 23.3 Å². The molecule has 3 aromatic carbocycles. The molecule has 0 fully saturated rings. The number of nitrogen functional groups attached to an aromatic ring is 2. The van der Waals surface area contributed by atoms with Crippen molar-refractivity contribution in [1.29, 1.82) is 0 Å². The number of hydrogen-bond acceptors (Lipinski definition) is 9. The first-order chi connectivity index (χ1) is 25.6. The Morgan fingerprint density at radius 3 is 2.39 bits per heavy atom. The first kappa shape index (κ1) is 40.3. The van der Waals surface area contributed by atoms with E-state index in [1.807, 2.05) is 64.1 Å². The van der Waals surface area contributed by atoms with Gasteiger partial charge in [-0.3, -0.25) is 18.9 Å². The molecule has 0 bridgehead atoms. The highest BCUT2D eigenvalue weighted by atomic mass is 35.5.